The van der Waals surface area contributed by atoms with Crippen molar-refractivity contribution in [1.29, 1.82) is 0 Å². The summed E-state index contributed by atoms with van der Waals surface area (Å²) in [6, 6.07) is 17.4. The molecule has 0 radical (unpaired) electrons. The van der Waals surface area contributed by atoms with Gasteiger partial charge in [-0.2, -0.15) is 0 Å². The second-order valence-electron chi connectivity index (χ2n) is 4.50. The molecule has 0 aliphatic carbocycles. The van der Waals surface area contributed by atoms with E-state index in [9.17, 15) is 5.11 Å². The predicted octanol–water partition coefficient (Wildman–Crippen LogP) is 2.78. The van der Waals surface area contributed by atoms with Crippen molar-refractivity contribution >= 4 is 5.69 Å². The molecule has 0 spiro atoms. The average molecular weight is 257 g/mol. The van der Waals surface area contributed by atoms with Gasteiger partial charge < -0.3 is 15.1 Å². The van der Waals surface area contributed by atoms with Crippen molar-refractivity contribution in [2.24, 2.45) is 0 Å². The Balaban J connectivity index is 2.11. The molecule has 0 atom stereocenters. The fourth-order valence-electron chi connectivity index (χ4n) is 2.02. The standard InChI is InChI=1S/C16H19NO2/c18-12-4-11-17(15-5-2-1-3-6-15)13-14-7-9-16(19)10-8-14/h1-3,5-10,18-19H,4,11-13H2. The number of hydrogen-bond acceptors (Lipinski definition) is 3. The van der Waals surface area contributed by atoms with Gasteiger partial charge in [-0.25, -0.2) is 0 Å². The molecular formula is C16H19NO2. The lowest BCUT2D eigenvalue weighted by molar-refractivity contribution is 0.289. The van der Waals surface area contributed by atoms with Gasteiger partial charge in [-0.3, -0.25) is 0 Å². The van der Waals surface area contributed by atoms with Crippen LogP contribution in [0.2, 0.25) is 0 Å². The molecule has 0 amide bonds. The number of hydrogen-bond donors (Lipinski definition) is 2. The lowest BCUT2D eigenvalue weighted by atomic mass is 10.2. The fraction of sp³-hybridized carbons (Fsp3) is 0.250. The minimum absolute atomic E-state index is 0.193. The molecule has 2 rings (SSSR count). The lowest BCUT2D eigenvalue weighted by Gasteiger charge is -2.24. The third-order valence-corrected chi connectivity index (χ3v) is 3.02. The molecule has 0 heterocycles. The maximum atomic E-state index is 9.30. The van der Waals surface area contributed by atoms with Crippen molar-refractivity contribution in [1.82, 2.24) is 0 Å². The van der Waals surface area contributed by atoms with Crippen LogP contribution in [0, 0.1) is 0 Å². The SMILES string of the molecule is OCCCN(Cc1ccc(O)cc1)c1ccccc1. The van der Waals surface area contributed by atoms with Gasteiger partial charge in [0.05, 0.1) is 0 Å². The van der Waals surface area contributed by atoms with Crippen molar-refractivity contribution in [3.63, 3.8) is 0 Å². The number of phenolic OH excluding ortho intramolecular Hbond substituents is 1. The van der Waals surface area contributed by atoms with Crippen LogP contribution in [0.1, 0.15) is 12.0 Å². The summed E-state index contributed by atoms with van der Waals surface area (Å²) < 4.78 is 0. The Bertz CT molecular complexity index is 482. The van der Waals surface area contributed by atoms with Crippen LogP contribution in [0.25, 0.3) is 0 Å². The first kappa shape index (κ1) is 13.4. The van der Waals surface area contributed by atoms with Crippen molar-refractivity contribution in [3.05, 3.63) is 60.2 Å². The molecule has 0 bridgehead atoms. The summed E-state index contributed by atoms with van der Waals surface area (Å²) >= 11 is 0. The minimum atomic E-state index is 0.193. The Kier molecular flexibility index (Phi) is 4.81. The summed E-state index contributed by atoms with van der Waals surface area (Å²) in [5.41, 5.74) is 2.28. The van der Waals surface area contributed by atoms with Crippen LogP contribution in [0.15, 0.2) is 54.6 Å². The van der Waals surface area contributed by atoms with E-state index in [1.54, 1.807) is 12.1 Å². The van der Waals surface area contributed by atoms with Gasteiger partial charge in [0, 0.05) is 25.4 Å². The summed E-state index contributed by atoms with van der Waals surface area (Å²) in [6.45, 7) is 1.77. The molecule has 2 aromatic rings. The van der Waals surface area contributed by atoms with Crippen LogP contribution in [0.5, 0.6) is 5.75 Å². The third kappa shape index (κ3) is 4.00. The van der Waals surface area contributed by atoms with Crippen LogP contribution in [-0.4, -0.2) is 23.4 Å². The van der Waals surface area contributed by atoms with Crippen molar-refractivity contribution in [2.75, 3.05) is 18.1 Å². The number of nitrogens with zero attached hydrogens (tertiary/aromatic N) is 1. The Morgan fingerprint density at radius 1 is 0.895 bits per heavy atom. The van der Waals surface area contributed by atoms with E-state index in [0.29, 0.717) is 0 Å². The van der Waals surface area contributed by atoms with E-state index in [-0.39, 0.29) is 12.4 Å². The lowest BCUT2D eigenvalue weighted by Crippen LogP contribution is -2.24. The molecule has 0 aliphatic rings. The summed E-state index contributed by atoms with van der Waals surface area (Å²) in [4.78, 5) is 2.22. The number of aromatic hydroxyl groups is 1. The molecule has 100 valence electrons. The molecular weight excluding hydrogens is 238 g/mol. The summed E-state index contributed by atoms with van der Waals surface area (Å²) in [6.07, 6.45) is 0.743. The highest BCUT2D eigenvalue weighted by molar-refractivity contribution is 5.46. The maximum Gasteiger partial charge on any atom is 0.115 e. The number of rotatable bonds is 6. The van der Waals surface area contributed by atoms with Gasteiger partial charge >= 0.3 is 0 Å². The monoisotopic (exact) mass is 257 g/mol. The van der Waals surface area contributed by atoms with E-state index in [4.69, 9.17) is 5.11 Å². The van der Waals surface area contributed by atoms with E-state index < -0.39 is 0 Å². The quantitative estimate of drug-likeness (QED) is 0.836. The second kappa shape index (κ2) is 6.81. The second-order valence-corrected chi connectivity index (χ2v) is 4.50. The summed E-state index contributed by atoms with van der Waals surface area (Å²) in [5, 5.41) is 18.3. The van der Waals surface area contributed by atoms with Crippen LogP contribution in [0.3, 0.4) is 0 Å². The zero-order chi connectivity index (χ0) is 13.5. The normalized spacial score (nSPS) is 10.4. The Hall–Kier alpha value is -2.00. The molecule has 0 saturated heterocycles. The Morgan fingerprint density at radius 3 is 2.21 bits per heavy atom. The van der Waals surface area contributed by atoms with E-state index in [0.717, 1.165) is 30.8 Å². The first-order valence-corrected chi connectivity index (χ1v) is 6.48. The molecule has 0 aliphatic heterocycles. The number of aliphatic hydroxyl groups excluding tert-OH is 1. The largest absolute Gasteiger partial charge is 0.508 e. The van der Waals surface area contributed by atoms with Crippen molar-refractivity contribution in [3.8, 4) is 5.75 Å². The molecule has 3 nitrogen and oxygen atoms in total. The minimum Gasteiger partial charge on any atom is -0.508 e. The van der Waals surface area contributed by atoms with Crippen LogP contribution >= 0.6 is 0 Å². The van der Waals surface area contributed by atoms with Crippen LogP contribution in [-0.2, 0) is 6.54 Å². The number of para-hydroxylation sites is 1. The molecule has 19 heavy (non-hydrogen) atoms. The summed E-state index contributed by atoms with van der Waals surface area (Å²) in [5.74, 6) is 0.283. The molecule has 2 aromatic carbocycles. The summed E-state index contributed by atoms with van der Waals surface area (Å²) in [7, 11) is 0. The van der Waals surface area contributed by atoms with Gasteiger partial charge in [0.15, 0.2) is 0 Å². The van der Waals surface area contributed by atoms with Gasteiger partial charge in [-0.1, -0.05) is 30.3 Å². The topological polar surface area (TPSA) is 43.7 Å². The van der Waals surface area contributed by atoms with Crippen LogP contribution < -0.4 is 4.90 Å². The van der Waals surface area contributed by atoms with E-state index in [1.165, 1.54) is 0 Å². The number of phenols is 1. The van der Waals surface area contributed by atoms with Crippen molar-refractivity contribution < 1.29 is 10.2 Å². The molecule has 0 aromatic heterocycles. The van der Waals surface area contributed by atoms with Gasteiger partial charge in [-0.05, 0) is 36.2 Å². The van der Waals surface area contributed by atoms with Gasteiger partial charge in [0.2, 0.25) is 0 Å². The Labute approximate surface area is 113 Å². The molecule has 3 heteroatoms. The molecule has 0 saturated carbocycles. The maximum absolute atomic E-state index is 9.30. The molecule has 0 fully saturated rings. The zero-order valence-corrected chi connectivity index (χ0v) is 10.9. The highest BCUT2D eigenvalue weighted by Crippen LogP contribution is 2.18. The number of aliphatic hydroxyl groups is 1. The van der Waals surface area contributed by atoms with Gasteiger partial charge in [0.1, 0.15) is 5.75 Å². The molecule has 0 unspecified atom stereocenters. The number of benzene rings is 2. The van der Waals surface area contributed by atoms with E-state index in [2.05, 4.69) is 17.0 Å². The predicted molar refractivity (Wildman–Crippen MR) is 77.3 cm³/mol. The van der Waals surface area contributed by atoms with Crippen LogP contribution in [0.4, 0.5) is 5.69 Å². The first-order chi connectivity index (χ1) is 9.29. The van der Waals surface area contributed by atoms with E-state index in [1.807, 2.05) is 30.3 Å². The van der Waals surface area contributed by atoms with E-state index >= 15 is 0 Å². The first-order valence-electron chi connectivity index (χ1n) is 6.48. The highest BCUT2D eigenvalue weighted by atomic mass is 16.3. The molecule has 2 N–H and O–H groups in total. The third-order valence-electron chi connectivity index (χ3n) is 3.02. The van der Waals surface area contributed by atoms with Gasteiger partial charge in [0.25, 0.3) is 0 Å². The smallest absolute Gasteiger partial charge is 0.115 e. The highest BCUT2D eigenvalue weighted by Gasteiger charge is 2.06. The fourth-order valence-corrected chi connectivity index (χ4v) is 2.02. The zero-order valence-electron chi connectivity index (χ0n) is 10.9. The average Bonchev–Trinajstić information content (AvgIpc) is 2.46. The van der Waals surface area contributed by atoms with Crippen molar-refractivity contribution in [2.45, 2.75) is 13.0 Å². The van der Waals surface area contributed by atoms with Gasteiger partial charge in [-0.15, -0.1) is 0 Å². The number of anilines is 1. The Morgan fingerprint density at radius 2 is 1.58 bits per heavy atom.